The molecule has 0 amide bonds. The van der Waals surface area contributed by atoms with Crippen LogP contribution in [0.5, 0.6) is 5.75 Å². The minimum atomic E-state index is -1.17. The van der Waals surface area contributed by atoms with Crippen molar-refractivity contribution in [2.24, 2.45) is 0 Å². The first-order valence-corrected chi connectivity index (χ1v) is 5.63. The maximum Gasteiger partial charge on any atom is 0.318 e. The number of phenolic OH excluding ortho intramolecular Hbond substituents is 1. The molecule has 0 saturated heterocycles. The number of carboxylic acid groups (broad SMARTS) is 1. The van der Waals surface area contributed by atoms with Crippen LogP contribution in [0.25, 0.3) is 0 Å². The fourth-order valence-electron chi connectivity index (χ4n) is 2.00. The third kappa shape index (κ3) is 1.95. The number of hydrogen-bond donors (Lipinski definition) is 2. The summed E-state index contributed by atoms with van der Waals surface area (Å²) in [7, 11) is 0. The van der Waals surface area contributed by atoms with Crippen LogP contribution >= 0.6 is 0 Å². The van der Waals surface area contributed by atoms with Crippen LogP contribution in [0.15, 0.2) is 54.6 Å². The first-order chi connectivity index (χ1) is 8.55. The molecule has 2 aromatic rings. The van der Waals surface area contributed by atoms with E-state index in [1.807, 2.05) is 6.07 Å². The zero-order valence-electron chi connectivity index (χ0n) is 10.00. The number of hydrogen-bond acceptors (Lipinski definition) is 2. The molecule has 2 N–H and O–H groups in total. The molecule has 0 spiro atoms. The molecule has 2 rings (SSSR count). The lowest BCUT2D eigenvalue weighted by molar-refractivity contribution is -0.141. The highest BCUT2D eigenvalue weighted by Crippen LogP contribution is 2.33. The lowest BCUT2D eigenvalue weighted by Gasteiger charge is -2.26. The summed E-state index contributed by atoms with van der Waals surface area (Å²) < 4.78 is 0. The molecule has 0 aliphatic heterocycles. The van der Waals surface area contributed by atoms with E-state index in [2.05, 4.69) is 0 Å². The molecule has 0 aliphatic rings. The van der Waals surface area contributed by atoms with Crippen molar-refractivity contribution in [3.05, 3.63) is 65.7 Å². The highest BCUT2D eigenvalue weighted by atomic mass is 16.4. The van der Waals surface area contributed by atoms with Gasteiger partial charge in [0.2, 0.25) is 0 Å². The smallest absolute Gasteiger partial charge is 0.318 e. The van der Waals surface area contributed by atoms with Gasteiger partial charge in [0, 0.05) is 0 Å². The van der Waals surface area contributed by atoms with Crippen LogP contribution in [0, 0.1) is 0 Å². The Morgan fingerprint density at radius 2 is 1.61 bits per heavy atom. The predicted molar refractivity (Wildman–Crippen MR) is 68.6 cm³/mol. The van der Waals surface area contributed by atoms with Gasteiger partial charge in [0.25, 0.3) is 0 Å². The average Bonchev–Trinajstić information content (AvgIpc) is 2.38. The summed E-state index contributed by atoms with van der Waals surface area (Å²) in [4.78, 5) is 11.7. The van der Waals surface area contributed by atoms with Gasteiger partial charge >= 0.3 is 5.97 Å². The summed E-state index contributed by atoms with van der Waals surface area (Å²) >= 11 is 0. The lowest BCUT2D eigenvalue weighted by atomic mass is 9.76. The van der Waals surface area contributed by atoms with Crippen LogP contribution in [0.1, 0.15) is 18.1 Å². The first kappa shape index (κ1) is 12.2. The van der Waals surface area contributed by atoms with Crippen molar-refractivity contribution in [2.75, 3.05) is 0 Å². The average molecular weight is 242 g/mol. The summed E-state index contributed by atoms with van der Waals surface area (Å²) in [5.74, 6) is -0.879. The van der Waals surface area contributed by atoms with E-state index in [0.717, 1.165) is 0 Å². The standard InChI is InChI=1S/C15H14O3/c1-15(14(17)18,11-6-3-2-4-7-11)12-8-5-9-13(16)10-12/h2-10,16H,1H3,(H,17,18). The topological polar surface area (TPSA) is 57.5 Å². The third-order valence-corrected chi connectivity index (χ3v) is 3.20. The fourth-order valence-corrected chi connectivity index (χ4v) is 2.00. The Morgan fingerprint density at radius 3 is 2.17 bits per heavy atom. The molecule has 1 unspecified atom stereocenters. The van der Waals surface area contributed by atoms with Crippen LogP contribution in [0.3, 0.4) is 0 Å². The van der Waals surface area contributed by atoms with E-state index >= 15 is 0 Å². The van der Waals surface area contributed by atoms with E-state index in [-0.39, 0.29) is 5.75 Å². The van der Waals surface area contributed by atoms with E-state index in [1.54, 1.807) is 43.3 Å². The molecular weight excluding hydrogens is 228 g/mol. The molecular formula is C15H14O3. The molecule has 18 heavy (non-hydrogen) atoms. The van der Waals surface area contributed by atoms with E-state index in [9.17, 15) is 15.0 Å². The van der Waals surface area contributed by atoms with Crippen molar-refractivity contribution in [2.45, 2.75) is 12.3 Å². The number of carbonyl (C=O) groups is 1. The maximum atomic E-state index is 11.7. The summed E-state index contributed by atoms with van der Waals surface area (Å²) in [6.07, 6.45) is 0. The second-order valence-electron chi connectivity index (χ2n) is 4.35. The zero-order valence-corrected chi connectivity index (χ0v) is 10.00. The van der Waals surface area contributed by atoms with E-state index in [1.165, 1.54) is 12.1 Å². The number of aliphatic carboxylic acids is 1. The molecule has 1 atom stereocenters. The third-order valence-electron chi connectivity index (χ3n) is 3.20. The predicted octanol–water partition coefficient (Wildman–Crippen LogP) is 2.78. The monoisotopic (exact) mass is 242 g/mol. The summed E-state index contributed by atoms with van der Waals surface area (Å²) in [5, 5.41) is 19.1. The molecule has 2 aromatic carbocycles. The van der Waals surface area contributed by atoms with E-state index in [0.29, 0.717) is 11.1 Å². The Labute approximate surface area is 105 Å². The Kier molecular flexibility index (Phi) is 3.06. The second kappa shape index (κ2) is 4.53. The van der Waals surface area contributed by atoms with Crippen LogP contribution in [0.2, 0.25) is 0 Å². The fraction of sp³-hybridized carbons (Fsp3) is 0.133. The highest BCUT2D eigenvalue weighted by Gasteiger charge is 2.37. The summed E-state index contributed by atoms with van der Waals surface area (Å²) in [6, 6.07) is 15.4. The SMILES string of the molecule is CC(C(=O)O)(c1ccccc1)c1cccc(O)c1. The Hall–Kier alpha value is -2.29. The number of rotatable bonds is 3. The van der Waals surface area contributed by atoms with Crippen molar-refractivity contribution < 1.29 is 15.0 Å². The number of phenols is 1. The number of aromatic hydroxyl groups is 1. The van der Waals surface area contributed by atoms with Gasteiger partial charge in [0.1, 0.15) is 11.2 Å². The van der Waals surface area contributed by atoms with Gasteiger partial charge in [0.15, 0.2) is 0 Å². The number of carboxylic acids is 1. The van der Waals surface area contributed by atoms with Crippen molar-refractivity contribution >= 4 is 5.97 Å². The Bertz CT molecular complexity index is 563. The normalized spacial score (nSPS) is 13.8. The largest absolute Gasteiger partial charge is 0.508 e. The second-order valence-corrected chi connectivity index (χ2v) is 4.35. The van der Waals surface area contributed by atoms with Crippen LogP contribution in [-0.2, 0) is 10.2 Å². The van der Waals surface area contributed by atoms with Gasteiger partial charge in [-0.3, -0.25) is 4.79 Å². The van der Waals surface area contributed by atoms with Crippen LogP contribution < -0.4 is 0 Å². The van der Waals surface area contributed by atoms with E-state index in [4.69, 9.17) is 0 Å². The molecule has 0 aromatic heterocycles. The van der Waals surface area contributed by atoms with Crippen molar-refractivity contribution in [1.82, 2.24) is 0 Å². The Balaban J connectivity index is 2.62. The van der Waals surface area contributed by atoms with Crippen molar-refractivity contribution in [1.29, 1.82) is 0 Å². The summed E-state index contributed by atoms with van der Waals surface area (Å²) in [6.45, 7) is 1.64. The molecule has 3 heteroatoms. The Morgan fingerprint density at radius 1 is 1.00 bits per heavy atom. The van der Waals surface area contributed by atoms with E-state index < -0.39 is 11.4 Å². The van der Waals surface area contributed by atoms with Gasteiger partial charge in [0.05, 0.1) is 0 Å². The quantitative estimate of drug-likeness (QED) is 0.870. The van der Waals surface area contributed by atoms with Crippen molar-refractivity contribution in [3.8, 4) is 5.75 Å². The summed E-state index contributed by atoms with van der Waals surface area (Å²) in [5.41, 5.74) is 0.0734. The van der Waals surface area contributed by atoms with Crippen LogP contribution in [-0.4, -0.2) is 16.2 Å². The molecule has 3 nitrogen and oxygen atoms in total. The minimum Gasteiger partial charge on any atom is -0.508 e. The van der Waals surface area contributed by atoms with Gasteiger partial charge in [-0.05, 0) is 30.2 Å². The van der Waals surface area contributed by atoms with Gasteiger partial charge in [-0.1, -0.05) is 42.5 Å². The molecule has 0 bridgehead atoms. The van der Waals surface area contributed by atoms with Crippen molar-refractivity contribution in [3.63, 3.8) is 0 Å². The zero-order chi connectivity index (χ0) is 13.2. The lowest BCUT2D eigenvalue weighted by Crippen LogP contribution is -2.33. The molecule has 0 aliphatic carbocycles. The molecule has 0 heterocycles. The molecule has 0 saturated carbocycles. The van der Waals surface area contributed by atoms with Gasteiger partial charge in [-0.25, -0.2) is 0 Å². The number of benzene rings is 2. The maximum absolute atomic E-state index is 11.7. The van der Waals surface area contributed by atoms with Gasteiger partial charge < -0.3 is 10.2 Å². The molecule has 0 fully saturated rings. The first-order valence-electron chi connectivity index (χ1n) is 5.63. The highest BCUT2D eigenvalue weighted by molar-refractivity contribution is 5.85. The molecule has 92 valence electrons. The van der Waals surface area contributed by atoms with Crippen LogP contribution in [0.4, 0.5) is 0 Å². The van der Waals surface area contributed by atoms with Gasteiger partial charge in [-0.2, -0.15) is 0 Å². The minimum absolute atomic E-state index is 0.0657. The molecule has 0 radical (unpaired) electrons. The van der Waals surface area contributed by atoms with Gasteiger partial charge in [-0.15, -0.1) is 0 Å².